The quantitative estimate of drug-likeness (QED) is 0.572. The molecule has 0 atom stereocenters. The fourth-order valence-electron chi connectivity index (χ4n) is 1.34. The van der Waals surface area contributed by atoms with Crippen molar-refractivity contribution in [2.45, 2.75) is 25.4 Å². The molecule has 1 saturated heterocycles. The van der Waals surface area contributed by atoms with Crippen molar-refractivity contribution < 1.29 is 4.39 Å². The van der Waals surface area contributed by atoms with Gasteiger partial charge in [-0.05, 0) is 6.54 Å². The van der Waals surface area contributed by atoms with Crippen LogP contribution in [0.4, 0.5) is 4.39 Å². The average Bonchev–Trinajstić information content (AvgIpc) is 2.06. The number of hydrogen-bond acceptors (Lipinski definition) is 2. The Morgan fingerprint density at radius 3 is 2.45 bits per heavy atom. The standard InChI is InChI=1S/C8H13FN2/c1-2-11-5-3-8(9,7-10)4-6-11/h2-6H2,1H3. The van der Waals surface area contributed by atoms with Crippen LogP contribution < -0.4 is 0 Å². The molecule has 3 heteroatoms. The summed E-state index contributed by atoms with van der Waals surface area (Å²) in [5.41, 5.74) is -1.54. The van der Waals surface area contributed by atoms with Crippen LogP contribution in [0.3, 0.4) is 0 Å². The highest BCUT2D eigenvalue weighted by molar-refractivity contribution is 5.03. The first kappa shape index (κ1) is 8.48. The molecule has 0 aromatic carbocycles. The molecular formula is C8H13FN2. The highest BCUT2D eigenvalue weighted by Crippen LogP contribution is 2.24. The molecule has 0 N–H and O–H groups in total. The van der Waals surface area contributed by atoms with Crippen molar-refractivity contribution >= 4 is 0 Å². The van der Waals surface area contributed by atoms with E-state index in [2.05, 4.69) is 11.8 Å². The number of alkyl halides is 1. The third kappa shape index (κ3) is 1.90. The molecule has 11 heavy (non-hydrogen) atoms. The summed E-state index contributed by atoms with van der Waals surface area (Å²) < 4.78 is 13.2. The third-order valence-corrected chi connectivity index (χ3v) is 2.30. The molecule has 2 nitrogen and oxygen atoms in total. The highest BCUT2D eigenvalue weighted by atomic mass is 19.1. The second kappa shape index (κ2) is 3.19. The molecule has 0 aliphatic carbocycles. The van der Waals surface area contributed by atoms with E-state index in [1.54, 1.807) is 6.07 Å². The second-order valence-corrected chi connectivity index (χ2v) is 3.01. The number of hydrogen-bond donors (Lipinski definition) is 0. The molecule has 1 fully saturated rings. The van der Waals surface area contributed by atoms with Gasteiger partial charge >= 0.3 is 0 Å². The van der Waals surface area contributed by atoms with Crippen LogP contribution in [-0.2, 0) is 0 Å². The first-order valence-electron chi connectivity index (χ1n) is 4.03. The molecule has 0 aromatic heterocycles. The van der Waals surface area contributed by atoms with Crippen LogP contribution in [0.2, 0.25) is 0 Å². The summed E-state index contributed by atoms with van der Waals surface area (Å²) in [5.74, 6) is 0. The molecule has 62 valence electrons. The predicted octanol–water partition coefficient (Wildman–Crippen LogP) is 1.33. The molecule has 1 heterocycles. The summed E-state index contributed by atoms with van der Waals surface area (Å²) in [4.78, 5) is 2.16. The average molecular weight is 156 g/mol. The van der Waals surface area contributed by atoms with Crippen molar-refractivity contribution in [2.24, 2.45) is 0 Å². The fraction of sp³-hybridized carbons (Fsp3) is 0.875. The summed E-state index contributed by atoms with van der Waals surface area (Å²) in [6.07, 6.45) is 0.745. The van der Waals surface area contributed by atoms with Gasteiger partial charge in [-0.2, -0.15) is 5.26 Å². The molecule has 0 aromatic rings. The number of likely N-dealkylation sites (tertiary alicyclic amines) is 1. The summed E-state index contributed by atoms with van der Waals surface area (Å²) in [6, 6.07) is 1.73. The molecule has 0 saturated carbocycles. The third-order valence-electron chi connectivity index (χ3n) is 2.30. The van der Waals surface area contributed by atoms with Gasteiger partial charge in [0, 0.05) is 25.9 Å². The molecule has 0 bridgehead atoms. The Bertz CT molecular complexity index is 165. The Balaban J connectivity index is 2.43. The maximum atomic E-state index is 13.2. The number of halogens is 1. The van der Waals surface area contributed by atoms with Gasteiger partial charge in [-0.15, -0.1) is 0 Å². The lowest BCUT2D eigenvalue weighted by Crippen LogP contribution is -2.40. The zero-order valence-corrected chi connectivity index (χ0v) is 6.81. The molecule has 0 radical (unpaired) electrons. The van der Waals surface area contributed by atoms with Crippen molar-refractivity contribution in [3.8, 4) is 6.07 Å². The maximum Gasteiger partial charge on any atom is 0.198 e. The molecule has 1 rings (SSSR count). The van der Waals surface area contributed by atoms with E-state index in [1.807, 2.05) is 0 Å². The van der Waals surface area contributed by atoms with Crippen LogP contribution in [0.15, 0.2) is 0 Å². The van der Waals surface area contributed by atoms with E-state index in [4.69, 9.17) is 5.26 Å². The minimum atomic E-state index is -1.54. The molecule has 1 aliphatic heterocycles. The molecule has 0 amide bonds. The number of piperidine rings is 1. The lowest BCUT2D eigenvalue weighted by molar-refractivity contribution is 0.106. The lowest BCUT2D eigenvalue weighted by atomic mass is 9.95. The van der Waals surface area contributed by atoms with Crippen LogP contribution in [0.1, 0.15) is 19.8 Å². The zero-order chi connectivity index (χ0) is 8.32. The van der Waals surface area contributed by atoms with E-state index in [-0.39, 0.29) is 0 Å². The normalized spacial score (nSPS) is 24.5. The SMILES string of the molecule is CCN1CCC(F)(C#N)CC1. The van der Waals surface area contributed by atoms with E-state index >= 15 is 0 Å². The number of nitriles is 1. The Morgan fingerprint density at radius 1 is 1.55 bits per heavy atom. The van der Waals surface area contributed by atoms with Gasteiger partial charge in [-0.25, -0.2) is 4.39 Å². The zero-order valence-electron chi connectivity index (χ0n) is 6.81. The molecule has 0 spiro atoms. The summed E-state index contributed by atoms with van der Waals surface area (Å²) in [6.45, 7) is 4.46. The van der Waals surface area contributed by atoms with Gasteiger partial charge in [0.2, 0.25) is 0 Å². The van der Waals surface area contributed by atoms with Crippen LogP contribution in [0.25, 0.3) is 0 Å². The van der Waals surface area contributed by atoms with E-state index in [0.717, 1.165) is 19.6 Å². The van der Waals surface area contributed by atoms with Gasteiger partial charge in [-0.3, -0.25) is 0 Å². The fourth-order valence-corrected chi connectivity index (χ4v) is 1.34. The van der Waals surface area contributed by atoms with Crippen molar-refractivity contribution in [1.29, 1.82) is 5.26 Å². The minimum Gasteiger partial charge on any atom is -0.303 e. The Morgan fingerprint density at radius 2 is 2.09 bits per heavy atom. The molecule has 1 aliphatic rings. The lowest BCUT2D eigenvalue weighted by Gasteiger charge is -2.31. The highest BCUT2D eigenvalue weighted by Gasteiger charge is 2.33. The summed E-state index contributed by atoms with van der Waals surface area (Å²) >= 11 is 0. The first-order valence-corrected chi connectivity index (χ1v) is 4.03. The summed E-state index contributed by atoms with van der Waals surface area (Å²) in [7, 11) is 0. The van der Waals surface area contributed by atoms with Gasteiger partial charge in [0.1, 0.15) is 6.07 Å². The van der Waals surface area contributed by atoms with Gasteiger partial charge < -0.3 is 4.90 Å². The van der Waals surface area contributed by atoms with Gasteiger partial charge in [-0.1, -0.05) is 6.92 Å². The van der Waals surface area contributed by atoms with E-state index in [9.17, 15) is 4.39 Å². The molecule has 0 unspecified atom stereocenters. The van der Waals surface area contributed by atoms with Gasteiger partial charge in [0.15, 0.2) is 5.67 Å². The van der Waals surface area contributed by atoms with E-state index in [1.165, 1.54) is 0 Å². The number of nitrogens with zero attached hydrogens (tertiary/aromatic N) is 2. The maximum absolute atomic E-state index is 13.2. The van der Waals surface area contributed by atoms with Gasteiger partial charge in [0.25, 0.3) is 0 Å². The Labute approximate surface area is 66.6 Å². The van der Waals surface area contributed by atoms with Crippen LogP contribution in [0, 0.1) is 11.3 Å². The largest absolute Gasteiger partial charge is 0.303 e. The summed E-state index contributed by atoms with van der Waals surface area (Å²) in [5, 5.41) is 8.47. The van der Waals surface area contributed by atoms with Crippen molar-refractivity contribution in [1.82, 2.24) is 4.90 Å². The van der Waals surface area contributed by atoms with Crippen LogP contribution in [0.5, 0.6) is 0 Å². The smallest absolute Gasteiger partial charge is 0.198 e. The van der Waals surface area contributed by atoms with E-state index < -0.39 is 5.67 Å². The van der Waals surface area contributed by atoms with E-state index in [0.29, 0.717) is 12.8 Å². The van der Waals surface area contributed by atoms with Crippen molar-refractivity contribution in [3.63, 3.8) is 0 Å². The number of rotatable bonds is 1. The monoisotopic (exact) mass is 156 g/mol. The van der Waals surface area contributed by atoms with Gasteiger partial charge in [0.05, 0.1) is 0 Å². The second-order valence-electron chi connectivity index (χ2n) is 3.01. The molecular weight excluding hydrogens is 143 g/mol. The van der Waals surface area contributed by atoms with Crippen molar-refractivity contribution in [2.75, 3.05) is 19.6 Å². The van der Waals surface area contributed by atoms with Crippen LogP contribution >= 0.6 is 0 Å². The Kier molecular flexibility index (Phi) is 2.45. The first-order chi connectivity index (χ1) is 5.20. The predicted molar refractivity (Wildman–Crippen MR) is 40.8 cm³/mol. The topological polar surface area (TPSA) is 27.0 Å². The van der Waals surface area contributed by atoms with Crippen LogP contribution in [-0.4, -0.2) is 30.2 Å². The minimum absolute atomic E-state index is 0.372. The van der Waals surface area contributed by atoms with Crippen molar-refractivity contribution in [3.05, 3.63) is 0 Å². The Hall–Kier alpha value is -0.620.